The van der Waals surface area contributed by atoms with Crippen molar-refractivity contribution in [3.8, 4) is 11.4 Å². The largest absolute Gasteiger partial charge is 0.396 e. The molecular formula is C22H23N5O2. The Kier molecular flexibility index (Phi) is 5.67. The molecule has 0 fully saturated rings. The normalized spacial score (nSPS) is 11.1. The number of aliphatic hydroxyl groups is 1. The molecule has 0 atom stereocenters. The van der Waals surface area contributed by atoms with Crippen LogP contribution < -0.4 is 5.32 Å². The lowest BCUT2D eigenvalue weighted by molar-refractivity contribution is 0.0949. The molecule has 148 valence electrons. The highest BCUT2D eigenvalue weighted by molar-refractivity contribution is 6.00. The van der Waals surface area contributed by atoms with E-state index in [4.69, 9.17) is 5.11 Å². The Labute approximate surface area is 168 Å². The third-order valence-electron chi connectivity index (χ3n) is 4.73. The summed E-state index contributed by atoms with van der Waals surface area (Å²) in [7, 11) is 0. The number of aromatic nitrogens is 4. The molecular weight excluding hydrogens is 366 g/mol. The minimum absolute atomic E-state index is 0.128. The molecule has 29 heavy (non-hydrogen) atoms. The van der Waals surface area contributed by atoms with Gasteiger partial charge in [0.25, 0.3) is 5.91 Å². The number of hydrogen-bond donors (Lipinski definition) is 2. The highest BCUT2D eigenvalue weighted by Gasteiger charge is 2.18. The van der Waals surface area contributed by atoms with E-state index >= 15 is 0 Å². The molecule has 2 N–H and O–H groups in total. The molecule has 0 spiro atoms. The third kappa shape index (κ3) is 4.20. The van der Waals surface area contributed by atoms with E-state index < -0.39 is 0 Å². The summed E-state index contributed by atoms with van der Waals surface area (Å²) >= 11 is 0. The van der Waals surface area contributed by atoms with E-state index in [0.29, 0.717) is 18.7 Å². The highest BCUT2D eigenvalue weighted by Crippen LogP contribution is 2.23. The van der Waals surface area contributed by atoms with Crippen molar-refractivity contribution in [1.29, 1.82) is 0 Å². The van der Waals surface area contributed by atoms with Gasteiger partial charge in [-0.05, 0) is 42.7 Å². The number of fused-ring (bicyclic) bond motifs is 1. The number of hydrogen-bond acceptors (Lipinski definition) is 4. The first kappa shape index (κ1) is 18.9. The lowest BCUT2D eigenvalue weighted by Crippen LogP contribution is -2.25. The van der Waals surface area contributed by atoms with Gasteiger partial charge in [0, 0.05) is 56.2 Å². The van der Waals surface area contributed by atoms with Gasteiger partial charge in [-0.25, -0.2) is 4.98 Å². The van der Waals surface area contributed by atoms with Gasteiger partial charge in [0.05, 0.1) is 5.52 Å². The van der Waals surface area contributed by atoms with Crippen molar-refractivity contribution in [2.75, 3.05) is 13.2 Å². The first-order valence-corrected chi connectivity index (χ1v) is 9.67. The van der Waals surface area contributed by atoms with E-state index in [1.807, 2.05) is 65.6 Å². The molecule has 0 saturated carbocycles. The van der Waals surface area contributed by atoms with E-state index in [1.54, 1.807) is 6.20 Å². The summed E-state index contributed by atoms with van der Waals surface area (Å²) in [4.78, 5) is 21.5. The van der Waals surface area contributed by atoms with Gasteiger partial charge in [0.1, 0.15) is 5.82 Å². The number of unbranched alkanes of at least 4 members (excludes halogenated alkanes) is 1. The zero-order valence-electron chi connectivity index (χ0n) is 16.0. The second-order valence-corrected chi connectivity index (χ2v) is 6.86. The Morgan fingerprint density at radius 2 is 2.03 bits per heavy atom. The SMILES string of the molecule is O=C(NCCCCO)c1nc(-c2ccn(Cc3cccnc3)c2)n2ccccc12. The van der Waals surface area contributed by atoms with Crippen LogP contribution >= 0.6 is 0 Å². The van der Waals surface area contributed by atoms with E-state index in [9.17, 15) is 4.79 Å². The standard InChI is InChI=1S/C22H23N5O2/c28-13-4-2-10-24-22(29)20-19-7-1-3-11-27(19)21(25-20)18-8-12-26(16-18)15-17-6-5-9-23-14-17/h1,3,5-9,11-12,14,16,28H,2,4,10,13,15H2,(H,24,29). The van der Waals surface area contributed by atoms with E-state index in [2.05, 4.69) is 19.9 Å². The number of carbonyl (C=O) groups excluding carboxylic acids is 1. The smallest absolute Gasteiger partial charge is 0.272 e. The second-order valence-electron chi connectivity index (χ2n) is 6.86. The molecule has 4 heterocycles. The van der Waals surface area contributed by atoms with Crippen LogP contribution in [0.5, 0.6) is 0 Å². The van der Waals surface area contributed by atoms with Crippen molar-refractivity contribution in [3.05, 3.63) is 78.6 Å². The summed E-state index contributed by atoms with van der Waals surface area (Å²) in [6.45, 7) is 1.36. The van der Waals surface area contributed by atoms with Crippen LogP contribution in [0.1, 0.15) is 28.9 Å². The number of amides is 1. The summed E-state index contributed by atoms with van der Waals surface area (Å²) in [5.74, 6) is 0.527. The number of nitrogens with zero attached hydrogens (tertiary/aromatic N) is 4. The molecule has 7 heteroatoms. The first-order valence-electron chi connectivity index (χ1n) is 9.67. The maximum absolute atomic E-state index is 12.7. The van der Waals surface area contributed by atoms with Crippen molar-refractivity contribution < 1.29 is 9.90 Å². The minimum Gasteiger partial charge on any atom is -0.396 e. The molecule has 0 radical (unpaired) electrons. The molecule has 0 unspecified atom stereocenters. The van der Waals surface area contributed by atoms with Crippen LogP contribution in [0.2, 0.25) is 0 Å². The Hall–Kier alpha value is -3.45. The summed E-state index contributed by atoms with van der Waals surface area (Å²) in [5, 5.41) is 11.8. The molecule has 0 aliphatic heterocycles. The van der Waals surface area contributed by atoms with Crippen LogP contribution in [-0.4, -0.2) is 43.1 Å². The van der Waals surface area contributed by atoms with Crippen LogP contribution in [0.25, 0.3) is 16.9 Å². The molecule has 4 aromatic heterocycles. The van der Waals surface area contributed by atoms with Gasteiger partial charge in [-0.3, -0.25) is 14.2 Å². The molecule has 0 aliphatic carbocycles. The fourth-order valence-corrected chi connectivity index (χ4v) is 3.30. The molecule has 0 aliphatic rings. The zero-order valence-corrected chi connectivity index (χ0v) is 16.0. The van der Waals surface area contributed by atoms with Crippen molar-refractivity contribution in [1.82, 2.24) is 24.3 Å². The number of carbonyl (C=O) groups is 1. The molecule has 1 amide bonds. The minimum atomic E-state index is -0.201. The third-order valence-corrected chi connectivity index (χ3v) is 4.73. The maximum atomic E-state index is 12.7. The van der Waals surface area contributed by atoms with Crippen molar-refractivity contribution in [3.63, 3.8) is 0 Å². The molecule has 0 aromatic carbocycles. The van der Waals surface area contributed by atoms with Crippen LogP contribution in [0.4, 0.5) is 0 Å². The highest BCUT2D eigenvalue weighted by atomic mass is 16.3. The molecule has 0 saturated heterocycles. The Bertz CT molecular complexity index is 1100. The van der Waals surface area contributed by atoms with Crippen molar-refractivity contribution in [2.24, 2.45) is 0 Å². The summed E-state index contributed by atoms with van der Waals surface area (Å²) in [5.41, 5.74) is 3.23. The van der Waals surface area contributed by atoms with Crippen LogP contribution in [-0.2, 0) is 6.54 Å². The summed E-state index contributed by atoms with van der Waals surface area (Å²) < 4.78 is 4.01. The van der Waals surface area contributed by atoms with Gasteiger partial charge in [0.2, 0.25) is 0 Å². The number of nitrogens with one attached hydrogen (secondary N) is 1. The number of pyridine rings is 2. The summed E-state index contributed by atoms with van der Waals surface area (Å²) in [6.07, 6.45) is 11.0. The topological polar surface area (TPSA) is 84.5 Å². The van der Waals surface area contributed by atoms with Crippen molar-refractivity contribution in [2.45, 2.75) is 19.4 Å². The molecule has 0 bridgehead atoms. The first-order chi connectivity index (χ1) is 14.3. The van der Waals surface area contributed by atoms with Gasteiger partial charge < -0.3 is 15.0 Å². The van der Waals surface area contributed by atoms with E-state index in [0.717, 1.165) is 35.4 Å². The lowest BCUT2D eigenvalue weighted by Gasteiger charge is -2.02. The monoisotopic (exact) mass is 389 g/mol. The van der Waals surface area contributed by atoms with Crippen LogP contribution in [0.3, 0.4) is 0 Å². The predicted molar refractivity (Wildman–Crippen MR) is 111 cm³/mol. The quantitative estimate of drug-likeness (QED) is 0.454. The molecule has 4 aromatic rings. The van der Waals surface area contributed by atoms with Gasteiger partial charge in [-0.2, -0.15) is 0 Å². The number of aliphatic hydroxyl groups excluding tert-OH is 1. The van der Waals surface area contributed by atoms with Gasteiger partial charge in [0.15, 0.2) is 5.69 Å². The van der Waals surface area contributed by atoms with Crippen molar-refractivity contribution >= 4 is 11.4 Å². The van der Waals surface area contributed by atoms with Gasteiger partial charge in [-0.1, -0.05) is 12.1 Å². The summed E-state index contributed by atoms with van der Waals surface area (Å²) in [6, 6.07) is 11.7. The van der Waals surface area contributed by atoms with E-state index in [-0.39, 0.29) is 12.5 Å². The molecule has 7 nitrogen and oxygen atoms in total. The van der Waals surface area contributed by atoms with Gasteiger partial charge in [-0.15, -0.1) is 0 Å². The second kappa shape index (κ2) is 8.70. The molecule has 4 rings (SSSR count). The Morgan fingerprint density at radius 3 is 2.86 bits per heavy atom. The zero-order chi connectivity index (χ0) is 20.1. The fourth-order valence-electron chi connectivity index (χ4n) is 3.30. The van der Waals surface area contributed by atoms with E-state index in [1.165, 1.54) is 0 Å². The fraction of sp³-hybridized carbons (Fsp3) is 0.227. The average Bonchev–Trinajstić information content (AvgIpc) is 3.36. The number of rotatable bonds is 8. The Balaban J connectivity index is 1.60. The lowest BCUT2D eigenvalue weighted by atomic mass is 10.3. The Morgan fingerprint density at radius 1 is 1.10 bits per heavy atom. The number of imidazole rings is 1. The predicted octanol–water partition coefficient (Wildman–Crippen LogP) is 2.75. The maximum Gasteiger partial charge on any atom is 0.272 e. The average molecular weight is 389 g/mol. The van der Waals surface area contributed by atoms with Gasteiger partial charge >= 0.3 is 0 Å². The van der Waals surface area contributed by atoms with Crippen LogP contribution in [0.15, 0.2) is 67.4 Å². The van der Waals surface area contributed by atoms with Crippen LogP contribution in [0, 0.1) is 0 Å².